The van der Waals surface area contributed by atoms with Gasteiger partial charge >= 0.3 is 0 Å². The third-order valence-electron chi connectivity index (χ3n) is 3.22. The van der Waals surface area contributed by atoms with E-state index < -0.39 is 10.0 Å². The number of sulfonamides is 1. The number of halogens is 1. The normalized spacial score (nSPS) is 11.3. The van der Waals surface area contributed by atoms with E-state index in [0.29, 0.717) is 16.8 Å². The first-order valence-electron chi connectivity index (χ1n) is 6.37. The summed E-state index contributed by atoms with van der Waals surface area (Å²) >= 11 is 0. The van der Waals surface area contributed by atoms with Crippen molar-refractivity contribution in [2.45, 2.75) is 11.4 Å². The zero-order valence-corrected chi connectivity index (χ0v) is 13.2. The second kappa shape index (κ2) is 6.39. The van der Waals surface area contributed by atoms with Crippen LogP contribution in [-0.4, -0.2) is 8.42 Å². The topological polar surface area (TPSA) is 85.3 Å². The summed E-state index contributed by atoms with van der Waals surface area (Å²) in [5, 5.41) is 1.32. The third kappa shape index (κ3) is 3.09. The van der Waals surface area contributed by atoms with E-state index in [-0.39, 0.29) is 23.8 Å². The number of rotatable bonds is 4. The lowest BCUT2D eigenvalue weighted by atomic mass is 10.1. The van der Waals surface area contributed by atoms with Crippen LogP contribution in [0.4, 0.5) is 5.69 Å². The highest BCUT2D eigenvalue weighted by atomic mass is 35.5. The highest BCUT2D eigenvalue weighted by molar-refractivity contribution is 7.89. The molecule has 0 unspecified atom stereocenters. The van der Waals surface area contributed by atoms with Crippen LogP contribution in [0.1, 0.15) is 5.76 Å². The standard InChI is InChI=1S/C15H14N2O3S.ClH/c16-14-7-1-6-13-12(14)5-2-8-15(13)21(18,19)17-10-11-4-3-9-20-11;/h1-9,17H,10,16H2;1H. The van der Waals surface area contributed by atoms with Crippen LogP contribution in [0.5, 0.6) is 0 Å². The van der Waals surface area contributed by atoms with E-state index in [1.54, 1.807) is 48.5 Å². The Labute approximate surface area is 134 Å². The fourth-order valence-corrected chi connectivity index (χ4v) is 3.41. The summed E-state index contributed by atoms with van der Waals surface area (Å²) in [6.45, 7) is 0.105. The largest absolute Gasteiger partial charge is 0.468 e. The lowest BCUT2D eigenvalue weighted by Gasteiger charge is -2.10. The summed E-state index contributed by atoms with van der Waals surface area (Å²) in [6, 6.07) is 13.7. The molecular weight excluding hydrogens is 324 g/mol. The molecule has 0 radical (unpaired) electrons. The van der Waals surface area contributed by atoms with Crippen LogP contribution >= 0.6 is 12.4 Å². The molecule has 22 heavy (non-hydrogen) atoms. The summed E-state index contributed by atoms with van der Waals surface area (Å²) in [6.07, 6.45) is 1.50. The molecule has 0 aliphatic rings. The molecule has 3 N–H and O–H groups in total. The number of furan rings is 1. The van der Waals surface area contributed by atoms with E-state index in [9.17, 15) is 8.42 Å². The van der Waals surface area contributed by atoms with E-state index in [1.807, 2.05) is 0 Å². The number of anilines is 1. The minimum absolute atomic E-state index is 0. The van der Waals surface area contributed by atoms with Gasteiger partial charge in [-0.05, 0) is 24.3 Å². The van der Waals surface area contributed by atoms with Crippen molar-refractivity contribution in [2.24, 2.45) is 0 Å². The molecule has 2 aromatic carbocycles. The van der Waals surface area contributed by atoms with Gasteiger partial charge in [-0.2, -0.15) is 0 Å². The second-order valence-corrected chi connectivity index (χ2v) is 6.34. The average Bonchev–Trinajstić information content (AvgIpc) is 2.98. The average molecular weight is 339 g/mol. The SMILES string of the molecule is Cl.Nc1cccc2c(S(=O)(=O)NCc3ccco3)cccc12. The van der Waals surface area contributed by atoms with Gasteiger partial charge in [0.2, 0.25) is 10.0 Å². The number of hydrogen-bond donors (Lipinski definition) is 2. The number of nitrogens with two attached hydrogens (primary N) is 1. The fraction of sp³-hybridized carbons (Fsp3) is 0.0667. The molecule has 1 heterocycles. The van der Waals surface area contributed by atoms with Gasteiger partial charge in [0.05, 0.1) is 17.7 Å². The quantitative estimate of drug-likeness (QED) is 0.716. The van der Waals surface area contributed by atoms with Gasteiger partial charge in [-0.15, -0.1) is 12.4 Å². The second-order valence-electron chi connectivity index (χ2n) is 4.60. The van der Waals surface area contributed by atoms with Crippen molar-refractivity contribution in [3.63, 3.8) is 0 Å². The highest BCUT2D eigenvalue weighted by Crippen LogP contribution is 2.27. The lowest BCUT2D eigenvalue weighted by molar-refractivity contribution is 0.499. The molecule has 116 valence electrons. The molecule has 0 bridgehead atoms. The molecule has 5 nitrogen and oxygen atoms in total. The molecule has 1 aromatic heterocycles. The smallest absolute Gasteiger partial charge is 0.241 e. The molecule has 0 amide bonds. The molecule has 0 fully saturated rings. The van der Waals surface area contributed by atoms with Gasteiger partial charge in [0, 0.05) is 16.5 Å². The molecule has 0 aliphatic carbocycles. The van der Waals surface area contributed by atoms with Gasteiger partial charge in [0.15, 0.2) is 0 Å². The maximum absolute atomic E-state index is 12.5. The van der Waals surface area contributed by atoms with Gasteiger partial charge in [0.1, 0.15) is 5.76 Å². The van der Waals surface area contributed by atoms with Crippen LogP contribution in [0, 0.1) is 0 Å². The highest BCUT2D eigenvalue weighted by Gasteiger charge is 2.17. The summed E-state index contributed by atoms with van der Waals surface area (Å²) < 4.78 is 32.6. The summed E-state index contributed by atoms with van der Waals surface area (Å²) in [7, 11) is -3.65. The van der Waals surface area contributed by atoms with Crippen molar-refractivity contribution < 1.29 is 12.8 Å². The van der Waals surface area contributed by atoms with Crippen molar-refractivity contribution in [1.29, 1.82) is 0 Å². The van der Waals surface area contributed by atoms with Crippen LogP contribution in [0.2, 0.25) is 0 Å². The maximum Gasteiger partial charge on any atom is 0.241 e. The molecule has 0 spiro atoms. The molecule has 0 aliphatic heterocycles. The van der Waals surface area contributed by atoms with Crippen LogP contribution in [0.15, 0.2) is 64.1 Å². The first-order valence-corrected chi connectivity index (χ1v) is 7.85. The Kier molecular flexibility index (Phi) is 4.75. The minimum atomic E-state index is -3.65. The Morgan fingerprint density at radius 1 is 1.00 bits per heavy atom. The van der Waals surface area contributed by atoms with Crippen LogP contribution in [-0.2, 0) is 16.6 Å². The van der Waals surface area contributed by atoms with E-state index in [1.165, 1.54) is 6.26 Å². The van der Waals surface area contributed by atoms with E-state index in [2.05, 4.69) is 4.72 Å². The Morgan fingerprint density at radius 2 is 1.73 bits per heavy atom. The molecule has 7 heteroatoms. The van der Waals surface area contributed by atoms with Gasteiger partial charge in [0.25, 0.3) is 0 Å². The van der Waals surface area contributed by atoms with Gasteiger partial charge in [-0.1, -0.05) is 24.3 Å². The maximum atomic E-state index is 12.5. The van der Waals surface area contributed by atoms with Crippen molar-refractivity contribution in [3.8, 4) is 0 Å². The lowest BCUT2D eigenvalue weighted by Crippen LogP contribution is -2.23. The van der Waals surface area contributed by atoms with E-state index in [0.717, 1.165) is 5.39 Å². The van der Waals surface area contributed by atoms with Gasteiger partial charge in [-0.3, -0.25) is 0 Å². The fourth-order valence-electron chi connectivity index (χ4n) is 2.20. The van der Waals surface area contributed by atoms with Crippen LogP contribution < -0.4 is 10.5 Å². The number of fused-ring (bicyclic) bond motifs is 1. The monoisotopic (exact) mass is 338 g/mol. The Balaban J connectivity index is 0.00000176. The summed E-state index contributed by atoms with van der Waals surface area (Å²) in [5.41, 5.74) is 6.44. The number of nitrogen functional groups attached to an aromatic ring is 1. The molecule has 3 aromatic rings. The zero-order valence-electron chi connectivity index (χ0n) is 11.5. The molecular formula is C15H15ClN2O3S. The first-order chi connectivity index (χ1) is 10.1. The predicted octanol–water partition coefficient (Wildman–Crippen LogP) is 2.92. The molecule has 3 rings (SSSR count). The molecule has 0 atom stereocenters. The molecule has 0 saturated carbocycles. The number of nitrogens with one attached hydrogen (secondary N) is 1. The Morgan fingerprint density at radius 3 is 2.45 bits per heavy atom. The van der Waals surface area contributed by atoms with Crippen LogP contribution in [0.3, 0.4) is 0 Å². The summed E-state index contributed by atoms with van der Waals surface area (Å²) in [5.74, 6) is 0.554. The van der Waals surface area contributed by atoms with Gasteiger partial charge < -0.3 is 10.2 Å². The summed E-state index contributed by atoms with van der Waals surface area (Å²) in [4.78, 5) is 0.207. The third-order valence-corrected chi connectivity index (χ3v) is 4.68. The van der Waals surface area contributed by atoms with Crippen molar-refractivity contribution >= 4 is 38.9 Å². The Hall–Kier alpha value is -2.02. The zero-order chi connectivity index (χ0) is 14.9. The van der Waals surface area contributed by atoms with E-state index in [4.69, 9.17) is 10.2 Å². The van der Waals surface area contributed by atoms with E-state index >= 15 is 0 Å². The van der Waals surface area contributed by atoms with Crippen molar-refractivity contribution in [2.75, 3.05) is 5.73 Å². The minimum Gasteiger partial charge on any atom is -0.468 e. The molecule has 0 saturated heterocycles. The number of hydrogen-bond acceptors (Lipinski definition) is 4. The van der Waals surface area contributed by atoms with Crippen LogP contribution in [0.25, 0.3) is 10.8 Å². The van der Waals surface area contributed by atoms with Crippen molar-refractivity contribution in [1.82, 2.24) is 4.72 Å². The van der Waals surface area contributed by atoms with Crippen molar-refractivity contribution in [3.05, 3.63) is 60.6 Å². The number of benzene rings is 2. The first kappa shape index (κ1) is 16.4. The predicted molar refractivity (Wildman–Crippen MR) is 88.3 cm³/mol. The van der Waals surface area contributed by atoms with Gasteiger partial charge in [-0.25, -0.2) is 13.1 Å². The Bertz CT molecular complexity index is 877.